The summed E-state index contributed by atoms with van der Waals surface area (Å²) in [6.07, 6.45) is 0. The lowest BCUT2D eigenvalue weighted by Crippen LogP contribution is -2.24. The van der Waals surface area contributed by atoms with Crippen molar-refractivity contribution in [1.29, 1.82) is 0 Å². The summed E-state index contributed by atoms with van der Waals surface area (Å²) in [6.45, 7) is 4.94. The summed E-state index contributed by atoms with van der Waals surface area (Å²) in [5.74, 6) is 3.30. The molecule has 190 valence electrons. The number of thioether (sulfide) groups is 1. The molecule has 1 aliphatic heterocycles. The predicted molar refractivity (Wildman–Crippen MR) is 143 cm³/mol. The molecule has 0 fully saturated rings. The van der Waals surface area contributed by atoms with Crippen LogP contribution in [0.25, 0.3) is 17.1 Å². The fourth-order valence-corrected chi connectivity index (χ4v) is 4.89. The van der Waals surface area contributed by atoms with Crippen LogP contribution in [0, 0.1) is 0 Å². The monoisotopic (exact) mass is 516 g/mol. The van der Waals surface area contributed by atoms with E-state index in [1.54, 1.807) is 7.11 Å². The van der Waals surface area contributed by atoms with Crippen LogP contribution in [0.1, 0.15) is 30.9 Å². The molecule has 1 aliphatic rings. The molecule has 8 nitrogen and oxygen atoms in total. The van der Waals surface area contributed by atoms with Crippen molar-refractivity contribution in [3.63, 3.8) is 0 Å². The van der Waals surface area contributed by atoms with Gasteiger partial charge in [0.05, 0.1) is 18.6 Å². The van der Waals surface area contributed by atoms with Gasteiger partial charge in [0.1, 0.15) is 5.75 Å². The quantitative estimate of drug-likeness (QED) is 0.306. The lowest BCUT2D eigenvalue weighted by atomic mass is 10.0. The van der Waals surface area contributed by atoms with Gasteiger partial charge in [0.25, 0.3) is 0 Å². The number of rotatable bonds is 9. The van der Waals surface area contributed by atoms with Gasteiger partial charge in [-0.15, -0.1) is 10.2 Å². The maximum atomic E-state index is 12.7. The average molecular weight is 517 g/mol. The number of nitrogens with zero attached hydrogens (tertiary/aromatic N) is 3. The van der Waals surface area contributed by atoms with E-state index in [4.69, 9.17) is 14.2 Å². The first-order valence-corrected chi connectivity index (χ1v) is 13.0. The van der Waals surface area contributed by atoms with E-state index in [1.165, 1.54) is 17.3 Å². The second-order valence-electron chi connectivity index (χ2n) is 8.84. The average Bonchev–Trinajstić information content (AvgIpc) is 3.57. The van der Waals surface area contributed by atoms with E-state index < -0.39 is 0 Å². The smallest absolute Gasteiger partial charge is 0.231 e. The SMILES string of the molecule is COc1ccc(-c2nnc(SCC(=O)NCc3ccc4c(c3)OCO4)n2-c2ccccc2C(C)C)cc1. The highest BCUT2D eigenvalue weighted by molar-refractivity contribution is 7.99. The molecule has 0 radical (unpaired) electrons. The number of benzene rings is 3. The van der Waals surface area contributed by atoms with Crippen LogP contribution in [0.5, 0.6) is 17.2 Å². The lowest BCUT2D eigenvalue weighted by molar-refractivity contribution is -0.118. The van der Waals surface area contributed by atoms with E-state index >= 15 is 0 Å². The number of hydrogen-bond donors (Lipinski definition) is 1. The van der Waals surface area contributed by atoms with Crippen molar-refractivity contribution in [3.05, 3.63) is 77.9 Å². The number of carbonyl (C=O) groups excluding carboxylic acids is 1. The Bertz CT molecular complexity index is 1400. The molecule has 1 amide bonds. The van der Waals surface area contributed by atoms with E-state index in [2.05, 4.69) is 41.5 Å². The van der Waals surface area contributed by atoms with Crippen LogP contribution in [0.3, 0.4) is 0 Å². The molecule has 0 bridgehead atoms. The van der Waals surface area contributed by atoms with Gasteiger partial charge in [-0.2, -0.15) is 0 Å². The molecule has 0 unspecified atom stereocenters. The molecular weight excluding hydrogens is 488 g/mol. The number of aromatic nitrogens is 3. The summed E-state index contributed by atoms with van der Waals surface area (Å²) < 4.78 is 18.1. The number of carbonyl (C=O) groups is 1. The number of fused-ring (bicyclic) bond motifs is 1. The Morgan fingerprint density at radius 2 is 1.84 bits per heavy atom. The Kier molecular flexibility index (Phi) is 7.32. The second-order valence-corrected chi connectivity index (χ2v) is 9.78. The predicted octanol–water partition coefficient (Wildman–Crippen LogP) is 5.20. The second kappa shape index (κ2) is 11.0. The number of nitrogens with one attached hydrogen (secondary N) is 1. The largest absolute Gasteiger partial charge is 0.497 e. The van der Waals surface area contributed by atoms with Crippen molar-refractivity contribution < 1.29 is 19.0 Å². The Balaban J connectivity index is 1.37. The van der Waals surface area contributed by atoms with Crippen molar-refractivity contribution in [2.24, 2.45) is 0 Å². The Morgan fingerprint density at radius 1 is 1.05 bits per heavy atom. The number of hydrogen-bond acceptors (Lipinski definition) is 7. The van der Waals surface area contributed by atoms with Gasteiger partial charge >= 0.3 is 0 Å². The molecule has 0 aliphatic carbocycles. The highest BCUT2D eigenvalue weighted by Gasteiger charge is 2.20. The zero-order valence-corrected chi connectivity index (χ0v) is 21.7. The van der Waals surface area contributed by atoms with Crippen LogP contribution in [-0.2, 0) is 11.3 Å². The van der Waals surface area contributed by atoms with E-state index in [1.807, 2.05) is 59.2 Å². The molecule has 9 heteroatoms. The van der Waals surface area contributed by atoms with Gasteiger partial charge in [-0.25, -0.2) is 0 Å². The molecule has 1 N–H and O–H groups in total. The van der Waals surface area contributed by atoms with Gasteiger partial charge < -0.3 is 19.5 Å². The highest BCUT2D eigenvalue weighted by atomic mass is 32.2. The van der Waals surface area contributed by atoms with Crippen molar-refractivity contribution in [3.8, 4) is 34.3 Å². The van der Waals surface area contributed by atoms with Crippen LogP contribution in [-0.4, -0.2) is 40.3 Å². The first-order chi connectivity index (χ1) is 18.0. The minimum atomic E-state index is -0.0969. The molecule has 0 saturated carbocycles. The number of methoxy groups -OCH3 is 1. The van der Waals surface area contributed by atoms with Gasteiger partial charge in [-0.3, -0.25) is 9.36 Å². The first kappa shape index (κ1) is 24.7. The topological polar surface area (TPSA) is 87.5 Å². The van der Waals surface area contributed by atoms with Gasteiger partial charge in [0.2, 0.25) is 12.7 Å². The zero-order chi connectivity index (χ0) is 25.8. The van der Waals surface area contributed by atoms with Gasteiger partial charge in [0.15, 0.2) is 22.5 Å². The van der Waals surface area contributed by atoms with Crippen LogP contribution in [0.2, 0.25) is 0 Å². The molecule has 0 atom stereocenters. The molecule has 0 saturated heterocycles. The van der Waals surface area contributed by atoms with E-state index in [0.29, 0.717) is 29.2 Å². The van der Waals surface area contributed by atoms with Gasteiger partial charge in [-0.1, -0.05) is 49.9 Å². The summed E-state index contributed by atoms with van der Waals surface area (Å²) in [5.41, 5.74) is 4.02. The fraction of sp³-hybridized carbons (Fsp3) is 0.250. The van der Waals surface area contributed by atoms with Crippen LogP contribution < -0.4 is 19.5 Å². The van der Waals surface area contributed by atoms with Gasteiger partial charge in [0, 0.05) is 12.1 Å². The normalized spacial score (nSPS) is 12.1. The lowest BCUT2D eigenvalue weighted by Gasteiger charge is -2.17. The summed E-state index contributed by atoms with van der Waals surface area (Å²) in [6, 6.07) is 21.6. The molecule has 37 heavy (non-hydrogen) atoms. The number of ether oxygens (including phenoxy) is 3. The molecule has 3 aromatic carbocycles. The fourth-order valence-electron chi connectivity index (χ4n) is 4.12. The molecule has 0 spiro atoms. The third kappa shape index (κ3) is 5.41. The standard InChI is InChI=1S/C28H28N4O4S/c1-18(2)22-6-4-5-7-23(22)32-27(20-9-11-21(34-3)12-10-20)30-31-28(32)37-16-26(33)29-15-19-8-13-24-25(14-19)36-17-35-24/h4-14,18H,15-17H2,1-3H3,(H,29,33). The molecule has 5 rings (SSSR count). The number of para-hydroxylation sites is 1. The number of amides is 1. The third-order valence-corrected chi connectivity index (χ3v) is 6.97. The molecule has 4 aromatic rings. The van der Waals surface area contributed by atoms with E-state index in [9.17, 15) is 4.79 Å². The maximum absolute atomic E-state index is 12.7. The molecule has 1 aromatic heterocycles. The summed E-state index contributed by atoms with van der Waals surface area (Å²) >= 11 is 1.36. The van der Waals surface area contributed by atoms with Crippen molar-refractivity contribution in [2.45, 2.75) is 31.5 Å². The minimum Gasteiger partial charge on any atom is -0.497 e. The van der Waals surface area contributed by atoms with E-state index in [-0.39, 0.29) is 18.5 Å². The van der Waals surface area contributed by atoms with Crippen molar-refractivity contribution in [1.82, 2.24) is 20.1 Å². The summed E-state index contributed by atoms with van der Waals surface area (Å²) in [4.78, 5) is 12.7. The van der Waals surface area contributed by atoms with Crippen LogP contribution in [0.4, 0.5) is 0 Å². The Hall–Kier alpha value is -3.98. The first-order valence-electron chi connectivity index (χ1n) is 12.0. The van der Waals surface area contributed by atoms with E-state index in [0.717, 1.165) is 28.3 Å². The maximum Gasteiger partial charge on any atom is 0.231 e. The molecular formula is C28H28N4O4S. The van der Waals surface area contributed by atoms with Crippen LogP contribution >= 0.6 is 11.8 Å². The van der Waals surface area contributed by atoms with Crippen LogP contribution in [0.15, 0.2) is 71.9 Å². The summed E-state index contributed by atoms with van der Waals surface area (Å²) in [5, 5.41) is 12.6. The zero-order valence-electron chi connectivity index (χ0n) is 20.9. The Labute approximate surface area is 220 Å². The summed E-state index contributed by atoms with van der Waals surface area (Å²) in [7, 11) is 1.64. The van der Waals surface area contributed by atoms with Crippen molar-refractivity contribution >= 4 is 17.7 Å². The third-order valence-electron chi connectivity index (χ3n) is 6.04. The Morgan fingerprint density at radius 3 is 2.62 bits per heavy atom. The van der Waals surface area contributed by atoms with Gasteiger partial charge in [-0.05, 0) is 59.5 Å². The highest BCUT2D eigenvalue weighted by Crippen LogP contribution is 2.34. The van der Waals surface area contributed by atoms with Crippen molar-refractivity contribution in [2.75, 3.05) is 19.7 Å². The molecule has 2 heterocycles. The minimum absolute atomic E-state index is 0.0969.